The van der Waals surface area contributed by atoms with E-state index in [1.54, 1.807) is 54.6 Å². The van der Waals surface area contributed by atoms with Crippen molar-refractivity contribution in [2.45, 2.75) is 18.2 Å². The fourth-order valence-corrected chi connectivity index (χ4v) is 3.55. The first-order valence-corrected chi connectivity index (χ1v) is 8.91. The zero-order chi connectivity index (χ0) is 17.6. The fourth-order valence-electron chi connectivity index (χ4n) is 2.22. The van der Waals surface area contributed by atoms with Crippen molar-refractivity contribution in [2.75, 3.05) is 0 Å². The first-order chi connectivity index (χ1) is 11.4. The van der Waals surface area contributed by atoms with Gasteiger partial charge in [0, 0.05) is 6.21 Å². The summed E-state index contributed by atoms with van der Waals surface area (Å²) in [6.07, 6.45) is 1.21. The molecule has 0 aromatic heterocycles. The van der Waals surface area contributed by atoms with Crippen LogP contribution in [0.5, 0.6) is 0 Å². The molecule has 2 aromatic carbocycles. The Morgan fingerprint density at radius 3 is 2.25 bits per heavy atom. The van der Waals surface area contributed by atoms with Crippen LogP contribution in [0.1, 0.15) is 16.7 Å². The molecule has 1 unspecified atom stereocenters. The number of aliphatic carboxylic acids is 1. The van der Waals surface area contributed by atoms with Gasteiger partial charge in [-0.1, -0.05) is 54.6 Å². The topological polar surface area (TPSA) is 107 Å². The van der Waals surface area contributed by atoms with Crippen molar-refractivity contribution < 1.29 is 18.3 Å². The van der Waals surface area contributed by atoms with E-state index in [2.05, 4.69) is 4.72 Å². The summed E-state index contributed by atoms with van der Waals surface area (Å²) in [5.74, 6) is -1.51. The van der Waals surface area contributed by atoms with E-state index in [-0.39, 0.29) is 12.2 Å². The normalized spacial score (nSPS) is 12.5. The van der Waals surface area contributed by atoms with Gasteiger partial charge in [-0.3, -0.25) is 4.79 Å². The van der Waals surface area contributed by atoms with Gasteiger partial charge in [0.15, 0.2) is 0 Å². The summed E-state index contributed by atoms with van der Waals surface area (Å²) in [7, 11) is -3.78. The number of nitrogens with one attached hydrogen (secondary N) is 2. The van der Waals surface area contributed by atoms with Crippen LogP contribution in [0.2, 0.25) is 0 Å². The number of rotatable bonds is 8. The highest BCUT2D eigenvalue weighted by atomic mass is 32.2. The quantitative estimate of drug-likeness (QED) is 0.633. The molecule has 7 heteroatoms. The molecule has 0 fully saturated rings. The average molecular weight is 346 g/mol. The third-order valence-corrected chi connectivity index (χ3v) is 4.76. The molecule has 2 aromatic rings. The van der Waals surface area contributed by atoms with Crippen LogP contribution in [0, 0.1) is 5.41 Å². The highest BCUT2D eigenvalue weighted by molar-refractivity contribution is 7.88. The number of carboxylic acids is 1. The standard InChI is InChI=1S/C17H18N2O4S/c18-11-14-8-6-13(7-9-14)10-16(17(20)21)19-24(22,23)12-15-4-2-1-3-5-15/h1-9,11,16,18-19H,10,12H2,(H,20,21). The van der Waals surface area contributed by atoms with E-state index >= 15 is 0 Å². The lowest BCUT2D eigenvalue weighted by Gasteiger charge is -2.15. The molecule has 0 saturated carbocycles. The molecule has 24 heavy (non-hydrogen) atoms. The molecule has 3 N–H and O–H groups in total. The number of sulfonamides is 1. The van der Waals surface area contributed by atoms with Gasteiger partial charge in [-0.25, -0.2) is 13.1 Å². The number of carbonyl (C=O) groups is 1. The minimum absolute atomic E-state index is 0.0294. The summed E-state index contributed by atoms with van der Waals surface area (Å²) < 4.78 is 26.6. The van der Waals surface area contributed by atoms with Crippen molar-refractivity contribution in [3.8, 4) is 0 Å². The van der Waals surface area contributed by atoms with E-state index in [1.807, 2.05) is 0 Å². The Hall–Kier alpha value is -2.51. The Balaban J connectivity index is 2.09. The lowest BCUT2D eigenvalue weighted by atomic mass is 10.1. The molecule has 0 saturated heterocycles. The largest absolute Gasteiger partial charge is 0.480 e. The number of hydrogen-bond donors (Lipinski definition) is 3. The molecule has 0 heterocycles. The van der Waals surface area contributed by atoms with Gasteiger partial charge in [-0.2, -0.15) is 0 Å². The molecule has 2 rings (SSSR count). The monoisotopic (exact) mass is 346 g/mol. The van der Waals surface area contributed by atoms with Crippen molar-refractivity contribution in [1.82, 2.24) is 4.72 Å². The Labute approximate surface area is 140 Å². The third kappa shape index (κ3) is 5.29. The zero-order valence-electron chi connectivity index (χ0n) is 12.8. The predicted molar refractivity (Wildman–Crippen MR) is 91.7 cm³/mol. The van der Waals surface area contributed by atoms with Crippen LogP contribution in [0.4, 0.5) is 0 Å². The van der Waals surface area contributed by atoms with Crippen LogP contribution in [0.15, 0.2) is 54.6 Å². The maximum atomic E-state index is 12.2. The van der Waals surface area contributed by atoms with Crippen molar-refractivity contribution >= 4 is 22.2 Å². The maximum absolute atomic E-state index is 12.2. The highest BCUT2D eigenvalue weighted by Gasteiger charge is 2.24. The van der Waals surface area contributed by atoms with Crippen LogP contribution in [0.25, 0.3) is 0 Å². The molecule has 0 aliphatic heterocycles. The molecule has 0 radical (unpaired) electrons. The Kier molecular flexibility index (Phi) is 5.83. The molecule has 0 aliphatic carbocycles. The minimum Gasteiger partial charge on any atom is -0.480 e. The lowest BCUT2D eigenvalue weighted by Crippen LogP contribution is -2.42. The fraction of sp³-hybridized carbons (Fsp3) is 0.176. The molecular formula is C17H18N2O4S. The van der Waals surface area contributed by atoms with E-state index in [1.165, 1.54) is 6.21 Å². The van der Waals surface area contributed by atoms with Gasteiger partial charge < -0.3 is 10.5 Å². The second-order valence-corrected chi connectivity index (χ2v) is 7.10. The van der Waals surface area contributed by atoms with Gasteiger partial charge in [0.05, 0.1) is 5.75 Å². The smallest absolute Gasteiger partial charge is 0.322 e. The summed E-state index contributed by atoms with van der Waals surface area (Å²) in [6.45, 7) is 0. The van der Waals surface area contributed by atoms with Crippen molar-refractivity contribution in [1.29, 1.82) is 5.41 Å². The van der Waals surface area contributed by atoms with Gasteiger partial charge in [0.25, 0.3) is 0 Å². The third-order valence-electron chi connectivity index (χ3n) is 3.41. The van der Waals surface area contributed by atoms with Gasteiger partial charge in [0.1, 0.15) is 6.04 Å². The highest BCUT2D eigenvalue weighted by Crippen LogP contribution is 2.09. The summed E-state index contributed by atoms with van der Waals surface area (Å²) in [4.78, 5) is 11.4. The van der Waals surface area contributed by atoms with E-state index in [0.717, 1.165) is 0 Å². The minimum atomic E-state index is -3.78. The van der Waals surface area contributed by atoms with E-state index in [4.69, 9.17) is 5.41 Å². The van der Waals surface area contributed by atoms with Gasteiger partial charge in [-0.05, 0) is 23.1 Å². The first-order valence-electron chi connectivity index (χ1n) is 7.26. The van der Waals surface area contributed by atoms with Gasteiger partial charge in [-0.15, -0.1) is 0 Å². The second-order valence-electron chi connectivity index (χ2n) is 5.34. The molecule has 1 atom stereocenters. The summed E-state index contributed by atoms with van der Waals surface area (Å²) in [5.41, 5.74) is 1.95. The molecule has 6 nitrogen and oxygen atoms in total. The first kappa shape index (κ1) is 17.8. The molecule has 0 bridgehead atoms. The van der Waals surface area contributed by atoms with Crippen molar-refractivity contribution in [3.05, 3.63) is 71.3 Å². The van der Waals surface area contributed by atoms with Gasteiger partial charge >= 0.3 is 5.97 Å². The zero-order valence-corrected chi connectivity index (χ0v) is 13.7. The molecule has 0 spiro atoms. The van der Waals surface area contributed by atoms with E-state index < -0.39 is 22.0 Å². The summed E-state index contributed by atoms with van der Waals surface area (Å²) >= 11 is 0. The maximum Gasteiger partial charge on any atom is 0.322 e. The Morgan fingerprint density at radius 2 is 1.71 bits per heavy atom. The lowest BCUT2D eigenvalue weighted by molar-refractivity contribution is -0.138. The van der Waals surface area contributed by atoms with Gasteiger partial charge in [0.2, 0.25) is 10.0 Å². The van der Waals surface area contributed by atoms with E-state index in [0.29, 0.717) is 16.7 Å². The van der Waals surface area contributed by atoms with Crippen LogP contribution >= 0.6 is 0 Å². The summed E-state index contributed by atoms with van der Waals surface area (Å²) in [5, 5.41) is 16.4. The number of hydrogen-bond acceptors (Lipinski definition) is 4. The van der Waals surface area contributed by atoms with Crippen LogP contribution in [-0.2, 0) is 27.0 Å². The Bertz CT molecular complexity index is 802. The van der Waals surface area contributed by atoms with Crippen LogP contribution in [0.3, 0.4) is 0 Å². The van der Waals surface area contributed by atoms with Crippen molar-refractivity contribution in [2.24, 2.45) is 0 Å². The average Bonchev–Trinajstić information content (AvgIpc) is 2.55. The van der Waals surface area contributed by atoms with Crippen LogP contribution < -0.4 is 4.72 Å². The molecular weight excluding hydrogens is 328 g/mol. The molecule has 126 valence electrons. The SMILES string of the molecule is N=Cc1ccc(CC(NS(=O)(=O)Cc2ccccc2)C(=O)O)cc1. The van der Waals surface area contributed by atoms with Crippen molar-refractivity contribution in [3.63, 3.8) is 0 Å². The number of benzene rings is 2. The molecule has 0 aliphatic rings. The number of carboxylic acid groups (broad SMARTS) is 1. The second kappa shape index (κ2) is 7.85. The molecule has 0 amide bonds. The van der Waals surface area contributed by atoms with Crippen LogP contribution in [-0.4, -0.2) is 31.8 Å². The van der Waals surface area contributed by atoms with E-state index in [9.17, 15) is 18.3 Å². The Morgan fingerprint density at radius 1 is 1.08 bits per heavy atom. The summed E-state index contributed by atoms with van der Waals surface area (Å²) in [6, 6.07) is 14.1. The predicted octanol–water partition coefficient (Wildman–Crippen LogP) is 1.80.